The van der Waals surface area contributed by atoms with Crippen molar-refractivity contribution in [2.75, 3.05) is 5.73 Å². The largest absolute Gasteiger partial charge is 0.380 e. The summed E-state index contributed by atoms with van der Waals surface area (Å²) in [6, 6.07) is 7.71. The lowest BCUT2D eigenvalue weighted by Gasteiger charge is -2.20. The lowest BCUT2D eigenvalue weighted by Crippen LogP contribution is -2.09. The number of hydrogen-bond acceptors (Lipinski definition) is 3. The van der Waals surface area contributed by atoms with Gasteiger partial charge >= 0.3 is 0 Å². The molecule has 3 rings (SSSR count). The van der Waals surface area contributed by atoms with E-state index in [0.717, 1.165) is 23.3 Å². The molecule has 106 valence electrons. The van der Waals surface area contributed by atoms with Crippen LogP contribution in [0.5, 0.6) is 0 Å². The van der Waals surface area contributed by atoms with E-state index in [2.05, 4.69) is 5.16 Å². The van der Waals surface area contributed by atoms with Gasteiger partial charge in [-0.3, -0.25) is 0 Å². The minimum Gasteiger partial charge on any atom is -0.380 e. The first-order valence-corrected chi connectivity index (χ1v) is 7.62. The molecule has 1 heterocycles. The Labute approximate surface area is 124 Å². The molecule has 0 amide bonds. The Balaban J connectivity index is 1.91. The SMILES string of the molecule is Nc1noc(CC2CCCCC2)c1-c1ccccc1Cl. The summed E-state index contributed by atoms with van der Waals surface area (Å²) in [6.45, 7) is 0. The number of nitrogens with zero attached hydrogens (tertiary/aromatic N) is 1. The number of benzene rings is 1. The van der Waals surface area contributed by atoms with Crippen LogP contribution in [0.4, 0.5) is 5.82 Å². The number of rotatable bonds is 3. The van der Waals surface area contributed by atoms with Crippen LogP contribution in [0.1, 0.15) is 37.9 Å². The molecule has 0 spiro atoms. The molecule has 0 aliphatic heterocycles. The molecule has 4 heteroatoms. The first kappa shape index (κ1) is 13.5. The van der Waals surface area contributed by atoms with Crippen LogP contribution in [0.2, 0.25) is 5.02 Å². The van der Waals surface area contributed by atoms with Gasteiger partial charge in [0.1, 0.15) is 5.76 Å². The molecule has 1 aromatic heterocycles. The predicted molar refractivity (Wildman–Crippen MR) is 81.6 cm³/mol. The summed E-state index contributed by atoms with van der Waals surface area (Å²) in [4.78, 5) is 0. The molecule has 1 aromatic carbocycles. The fourth-order valence-electron chi connectivity index (χ4n) is 3.08. The highest BCUT2D eigenvalue weighted by Gasteiger charge is 2.22. The zero-order chi connectivity index (χ0) is 13.9. The van der Waals surface area contributed by atoms with E-state index in [1.165, 1.54) is 32.1 Å². The second kappa shape index (κ2) is 5.88. The third-order valence-electron chi connectivity index (χ3n) is 4.13. The normalized spacial score (nSPS) is 16.4. The van der Waals surface area contributed by atoms with Crippen LogP contribution in [-0.2, 0) is 6.42 Å². The summed E-state index contributed by atoms with van der Waals surface area (Å²) >= 11 is 6.28. The Kier molecular flexibility index (Phi) is 3.97. The molecule has 20 heavy (non-hydrogen) atoms. The molecule has 0 saturated heterocycles. The molecule has 2 N–H and O–H groups in total. The number of aromatic nitrogens is 1. The zero-order valence-electron chi connectivity index (χ0n) is 11.4. The Hall–Kier alpha value is -1.48. The maximum atomic E-state index is 6.28. The van der Waals surface area contributed by atoms with Crippen LogP contribution < -0.4 is 5.73 Å². The summed E-state index contributed by atoms with van der Waals surface area (Å²) < 4.78 is 5.47. The van der Waals surface area contributed by atoms with Crippen LogP contribution in [0, 0.1) is 5.92 Å². The molecule has 0 unspecified atom stereocenters. The second-order valence-electron chi connectivity index (χ2n) is 5.55. The van der Waals surface area contributed by atoms with Crippen LogP contribution >= 0.6 is 11.6 Å². The van der Waals surface area contributed by atoms with Gasteiger partial charge in [-0.05, 0) is 12.0 Å². The molecule has 1 fully saturated rings. The summed E-state index contributed by atoms with van der Waals surface area (Å²) in [7, 11) is 0. The standard InChI is InChI=1S/C16H19ClN2O/c17-13-9-5-4-8-12(13)15-14(20-19-16(15)18)10-11-6-2-1-3-7-11/h4-5,8-9,11H,1-3,6-7,10H2,(H2,18,19). The maximum absolute atomic E-state index is 6.28. The third-order valence-corrected chi connectivity index (χ3v) is 4.46. The van der Waals surface area contributed by atoms with E-state index in [-0.39, 0.29) is 0 Å². The third kappa shape index (κ3) is 2.68. The fourth-order valence-corrected chi connectivity index (χ4v) is 3.31. The van der Waals surface area contributed by atoms with E-state index >= 15 is 0 Å². The van der Waals surface area contributed by atoms with Gasteiger partial charge in [-0.2, -0.15) is 0 Å². The summed E-state index contributed by atoms with van der Waals surface area (Å²) in [5.41, 5.74) is 7.78. The van der Waals surface area contributed by atoms with Crippen LogP contribution in [0.25, 0.3) is 11.1 Å². The van der Waals surface area contributed by atoms with Crippen molar-refractivity contribution in [3.63, 3.8) is 0 Å². The van der Waals surface area contributed by atoms with Crippen molar-refractivity contribution in [3.8, 4) is 11.1 Å². The van der Waals surface area contributed by atoms with Crippen LogP contribution in [0.3, 0.4) is 0 Å². The second-order valence-corrected chi connectivity index (χ2v) is 5.96. The summed E-state index contributed by atoms with van der Waals surface area (Å²) in [6.07, 6.45) is 7.42. The van der Waals surface area contributed by atoms with Gasteiger partial charge in [0, 0.05) is 17.0 Å². The minimum atomic E-state index is 0.434. The Morgan fingerprint density at radius 3 is 2.70 bits per heavy atom. The molecule has 1 aliphatic carbocycles. The van der Waals surface area contributed by atoms with Crippen molar-refractivity contribution in [1.82, 2.24) is 5.16 Å². The van der Waals surface area contributed by atoms with Gasteiger partial charge in [0.05, 0.1) is 5.56 Å². The highest BCUT2D eigenvalue weighted by molar-refractivity contribution is 6.33. The van der Waals surface area contributed by atoms with Gasteiger partial charge in [-0.15, -0.1) is 0 Å². The molecule has 1 aliphatic rings. The van der Waals surface area contributed by atoms with Gasteiger partial charge in [0.15, 0.2) is 5.82 Å². The number of hydrogen-bond donors (Lipinski definition) is 1. The van der Waals surface area contributed by atoms with Gasteiger partial charge < -0.3 is 10.3 Å². The molecular weight excluding hydrogens is 272 g/mol. The molecule has 0 bridgehead atoms. The van der Waals surface area contributed by atoms with Crippen LogP contribution in [0.15, 0.2) is 28.8 Å². The smallest absolute Gasteiger partial charge is 0.175 e. The summed E-state index contributed by atoms with van der Waals surface area (Å²) in [5.74, 6) is 1.99. The van der Waals surface area contributed by atoms with Crippen molar-refractivity contribution < 1.29 is 4.52 Å². The van der Waals surface area contributed by atoms with Crippen molar-refractivity contribution >= 4 is 17.4 Å². The first-order chi connectivity index (χ1) is 9.75. The van der Waals surface area contributed by atoms with Gasteiger partial charge in [-0.25, -0.2) is 0 Å². The van der Waals surface area contributed by atoms with Crippen molar-refractivity contribution in [3.05, 3.63) is 35.0 Å². The van der Waals surface area contributed by atoms with E-state index in [1.807, 2.05) is 24.3 Å². The fraction of sp³-hybridized carbons (Fsp3) is 0.438. The van der Waals surface area contributed by atoms with Crippen LogP contribution in [-0.4, -0.2) is 5.16 Å². The Bertz CT molecular complexity index is 588. The minimum absolute atomic E-state index is 0.434. The zero-order valence-corrected chi connectivity index (χ0v) is 12.2. The quantitative estimate of drug-likeness (QED) is 0.891. The highest BCUT2D eigenvalue weighted by atomic mass is 35.5. The molecule has 3 nitrogen and oxygen atoms in total. The number of halogens is 1. The Morgan fingerprint density at radius 2 is 1.95 bits per heavy atom. The van der Waals surface area contributed by atoms with E-state index in [1.54, 1.807) is 0 Å². The average molecular weight is 291 g/mol. The van der Waals surface area contributed by atoms with E-state index in [4.69, 9.17) is 21.9 Å². The Morgan fingerprint density at radius 1 is 1.20 bits per heavy atom. The van der Waals surface area contributed by atoms with E-state index < -0.39 is 0 Å². The predicted octanol–water partition coefficient (Wildman–Crippen LogP) is 4.70. The lowest BCUT2D eigenvalue weighted by atomic mass is 9.85. The van der Waals surface area contributed by atoms with Crippen molar-refractivity contribution in [2.24, 2.45) is 5.92 Å². The van der Waals surface area contributed by atoms with Crippen molar-refractivity contribution in [1.29, 1.82) is 0 Å². The van der Waals surface area contributed by atoms with Gasteiger partial charge in [-0.1, -0.05) is 67.1 Å². The highest BCUT2D eigenvalue weighted by Crippen LogP contribution is 2.37. The maximum Gasteiger partial charge on any atom is 0.175 e. The molecule has 2 aromatic rings. The number of nitrogen functional groups attached to an aromatic ring is 1. The number of nitrogens with two attached hydrogens (primary N) is 1. The molecular formula is C16H19ClN2O. The van der Waals surface area contributed by atoms with E-state index in [0.29, 0.717) is 16.8 Å². The lowest BCUT2D eigenvalue weighted by molar-refractivity contribution is 0.311. The average Bonchev–Trinajstić information content (AvgIpc) is 2.82. The first-order valence-electron chi connectivity index (χ1n) is 7.24. The monoisotopic (exact) mass is 290 g/mol. The van der Waals surface area contributed by atoms with Crippen molar-refractivity contribution in [2.45, 2.75) is 38.5 Å². The van der Waals surface area contributed by atoms with Gasteiger partial charge in [0.2, 0.25) is 0 Å². The molecule has 0 atom stereocenters. The number of anilines is 1. The topological polar surface area (TPSA) is 52.0 Å². The summed E-state index contributed by atoms with van der Waals surface area (Å²) in [5, 5.41) is 4.63. The molecule has 0 radical (unpaired) electrons. The van der Waals surface area contributed by atoms with Gasteiger partial charge in [0.25, 0.3) is 0 Å². The molecule has 1 saturated carbocycles. The van der Waals surface area contributed by atoms with E-state index in [9.17, 15) is 0 Å².